The van der Waals surface area contributed by atoms with Gasteiger partial charge in [0, 0.05) is 0 Å². The number of sulfonamides is 1. The summed E-state index contributed by atoms with van der Waals surface area (Å²) in [5.41, 5.74) is 0.217. The van der Waals surface area contributed by atoms with Crippen LogP contribution >= 0.6 is 11.3 Å². The van der Waals surface area contributed by atoms with Gasteiger partial charge in [0.15, 0.2) is 0 Å². The van der Waals surface area contributed by atoms with Gasteiger partial charge < -0.3 is 14.5 Å². The van der Waals surface area contributed by atoms with Crippen molar-refractivity contribution in [3.63, 3.8) is 0 Å². The van der Waals surface area contributed by atoms with Gasteiger partial charge in [-0.2, -0.15) is 0 Å². The Balaban J connectivity index is 1.84. The lowest BCUT2D eigenvalue weighted by Gasteiger charge is -2.12. The first kappa shape index (κ1) is 19.6. The van der Waals surface area contributed by atoms with Crippen molar-refractivity contribution in [1.82, 2.24) is 5.32 Å². The number of hydrogen-bond acceptors (Lipinski definition) is 7. The fraction of sp³-hybridized carbons (Fsp3) is 0.111. The van der Waals surface area contributed by atoms with Gasteiger partial charge >= 0.3 is 5.97 Å². The van der Waals surface area contributed by atoms with Crippen molar-refractivity contribution in [2.24, 2.45) is 0 Å². The molecule has 0 radical (unpaired) electrons. The molecule has 3 rings (SSSR count). The first-order valence-electron chi connectivity index (χ1n) is 8.00. The Hall–Kier alpha value is -3.11. The van der Waals surface area contributed by atoms with Gasteiger partial charge in [-0.3, -0.25) is 9.52 Å². The number of amides is 1. The zero-order valence-corrected chi connectivity index (χ0v) is 16.3. The van der Waals surface area contributed by atoms with Crippen LogP contribution in [0.5, 0.6) is 0 Å². The van der Waals surface area contributed by atoms with Crippen LogP contribution in [0.3, 0.4) is 0 Å². The highest BCUT2D eigenvalue weighted by Crippen LogP contribution is 2.26. The summed E-state index contributed by atoms with van der Waals surface area (Å²) in [6, 6.07) is 10.9. The van der Waals surface area contributed by atoms with Crippen LogP contribution in [0.1, 0.15) is 25.8 Å². The first-order chi connectivity index (χ1) is 13.4. The van der Waals surface area contributed by atoms with E-state index in [0.717, 1.165) is 11.3 Å². The summed E-state index contributed by atoms with van der Waals surface area (Å²) in [6.45, 7) is 0.157. The van der Waals surface area contributed by atoms with E-state index >= 15 is 0 Å². The Morgan fingerprint density at radius 2 is 1.93 bits per heavy atom. The molecule has 10 heteroatoms. The van der Waals surface area contributed by atoms with Crippen LogP contribution in [-0.2, 0) is 21.3 Å². The molecule has 8 nitrogen and oxygen atoms in total. The number of thiophene rings is 1. The molecule has 28 heavy (non-hydrogen) atoms. The molecule has 0 aliphatic rings. The number of para-hydroxylation sites is 1. The molecule has 0 atom stereocenters. The molecule has 0 spiro atoms. The fourth-order valence-corrected chi connectivity index (χ4v) is 4.81. The number of benzene rings is 1. The summed E-state index contributed by atoms with van der Waals surface area (Å²) >= 11 is 0.953. The molecule has 2 heterocycles. The summed E-state index contributed by atoms with van der Waals surface area (Å²) in [5, 5.41) is 4.14. The monoisotopic (exact) mass is 420 g/mol. The van der Waals surface area contributed by atoms with E-state index in [9.17, 15) is 18.0 Å². The quantitative estimate of drug-likeness (QED) is 0.568. The van der Waals surface area contributed by atoms with E-state index in [4.69, 9.17) is 4.42 Å². The summed E-state index contributed by atoms with van der Waals surface area (Å²) in [7, 11) is -2.94. The Morgan fingerprint density at radius 3 is 2.64 bits per heavy atom. The highest BCUT2D eigenvalue weighted by Gasteiger charge is 2.26. The lowest BCUT2D eigenvalue weighted by atomic mass is 10.1. The minimum absolute atomic E-state index is 0.0465. The molecule has 0 saturated carbocycles. The lowest BCUT2D eigenvalue weighted by Crippen LogP contribution is -2.25. The second-order valence-electron chi connectivity index (χ2n) is 5.52. The van der Waals surface area contributed by atoms with Gasteiger partial charge in [-0.15, -0.1) is 11.3 Å². The average Bonchev–Trinajstić information content (AvgIpc) is 3.37. The second kappa shape index (κ2) is 8.28. The normalized spacial score (nSPS) is 11.0. The summed E-state index contributed by atoms with van der Waals surface area (Å²) in [5.74, 6) is -0.666. The largest absolute Gasteiger partial charge is 0.467 e. The summed E-state index contributed by atoms with van der Waals surface area (Å²) < 4.78 is 37.7. The molecule has 146 valence electrons. The van der Waals surface area contributed by atoms with Crippen molar-refractivity contribution in [1.29, 1.82) is 0 Å². The van der Waals surface area contributed by atoms with Crippen LogP contribution in [0.15, 0.2) is 63.4 Å². The maximum Gasteiger partial charge on any atom is 0.349 e. The standard InChI is InChI=1S/C18H16N2O6S2/c1-25-18(22)16-15(8-10-27-16)28(23,24)20-14-7-3-2-6-13(14)17(21)19-11-12-5-4-9-26-12/h2-10,20H,11H2,1H3,(H,19,21). The zero-order valence-electron chi connectivity index (χ0n) is 14.7. The maximum atomic E-state index is 12.8. The van der Waals surface area contributed by atoms with Crippen LogP contribution in [0.2, 0.25) is 0 Å². The van der Waals surface area contributed by atoms with Crippen molar-refractivity contribution in [2.45, 2.75) is 11.4 Å². The van der Waals surface area contributed by atoms with Gasteiger partial charge in [-0.25, -0.2) is 13.2 Å². The number of nitrogens with one attached hydrogen (secondary N) is 2. The van der Waals surface area contributed by atoms with Crippen molar-refractivity contribution in [3.8, 4) is 0 Å². The number of esters is 1. The SMILES string of the molecule is COC(=O)c1sccc1S(=O)(=O)Nc1ccccc1C(=O)NCc1ccco1. The highest BCUT2D eigenvalue weighted by molar-refractivity contribution is 7.93. The van der Waals surface area contributed by atoms with Crippen LogP contribution in [0.25, 0.3) is 0 Å². The van der Waals surface area contributed by atoms with Crippen molar-refractivity contribution < 1.29 is 27.2 Å². The van der Waals surface area contributed by atoms with Gasteiger partial charge in [0.1, 0.15) is 15.5 Å². The molecule has 0 bridgehead atoms. The molecular weight excluding hydrogens is 404 g/mol. The van der Waals surface area contributed by atoms with E-state index in [-0.39, 0.29) is 27.6 Å². The lowest BCUT2D eigenvalue weighted by molar-refractivity contribution is 0.0602. The Labute approximate surface area is 165 Å². The average molecular weight is 420 g/mol. The summed E-state index contributed by atoms with van der Waals surface area (Å²) in [6.07, 6.45) is 1.49. The first-order valence-corrected chi connectivity index (χ1v) is 10.4. The van der Waals surface area contributed by atoms with Gasteiger partial charge in [-0.1, -0.05) is 12.1 Å². The number of anilines is 1. The number of rotatable bonds is 7. The molecule has 0 fully saturated rings. The molecule has 2 N–H and O–H groups in total. The maximum absolute atomic E-state index is 12.8. The van der Waals surface area contributed by atoms with Gasteiger partial charge in [0.2, 0.25) is 0 Å². The van der Waals surface area contributed by atoms with Crippen molar-refractivity contribution in [3.05, 3.63) is 70.3 Å². The molecule has 1 amide bonds. The van der Waals surface area contributed by atoms with Crippen LogP contribution in [0, 0.1) is 0 Å². The van der Waals surface area contributed by atoms with Gasteiger partial charge in [-0.05, 0) is 35.7 Å². The van der Waals surface area contributed by atoms with Gasteiger partial charge in [0.25, 0.3) is 15.9 Å². The minimum atomic E-state index is -4.11. The van der Waals surface area contributed by atoms with E-state index < -0.39 is 21.9 Å². The number of carbonyl (C=O) groups excluding carboxylic acids is 2. The number of hydrogen-bond donors (Lipinski definition) is 2. The summed E-state index contributed by atoms with van der Waals surface area (Å²) in [4.78, 5) is 24.0. The zero-order chi connectivity index (χ0) is 20.1. The van der Waals surface area contributed by atoms with Crippen molar-refractivity contribution >= 4 is 38.9 Å². The number of ether oxygens (including phenoxy) is 1. The molecule has 1 aromatic carbocycles. The third-order valence-electron chi connectivity index (χ3n) is 3.71. The Kier molecular flexibility index (Phi) is 5.81. The van der Waals surface area contributed by atoms with Crippen LogP contribution in [-0.4, -0.2) is 27.4 Å². The molecular formula is C18H16N2O6S2. The third-order valence-corrected chi connectivity index (χ3v) is 6.14. The predicted octanol–water partition coefficient (Wildman–Crippen LogP) is 2.86. The predicted molar refractivity (Wildman–Crippen MR) is 103 cm³/mol. The Bertz CT molecular complexity index is 1090. The van der Waals surface area contributed by atoms with Crippen LogP contribution in [0.4, 0.5) is 5.69 Å². The van der Waals surface area contributed by atoms with Crippen molar-refractivity contribution in [2.75, 3.05) is 11.8 Å². The molecule has 3 aromatic rings. The van der Waals surface area contributed by atoms with Crippen LogP contribution < -0.4 is 10.0 Å². The topological polar surface area (TPSA) is 115 Å². The molecule has 0 aliphatic carbocycles. The van der Waals surface area contributed by atoms with E-state index in [2.05, 4.69) is 14.8 Å². The van der Waals surface area contributed by atoms with E-state index in [1.54, 1.807) is 24.3 Å². The molecule has 2 aromatic heterocycles. The fourth-order valence-electron chi connectivity index (χ4n) is 2.40. The molecule has 0 unspecified atom stereocenters. The number of furan rings is 1. The number of methoxy groups -OCH3 is 1. The van der Waals surface area contributed by atoms with Gasteiger partial charge in [0.05, 0.1) is 31.2 Å². The smallest absolute Gasteiger partial charge is 0.349 e. The minimum Gasteiger partial charge on any atom is -0.467 e. The van der Waals surface area contributed by atoms with E-state index in [1.807, 2.05) is 0 Å². The van der Waals surface area contributed by atoms with E-state index in [0.29, 0.717) is 5.76 Å². The Morgan fingerprint density at radius 1 is 1.14 bits per heavy atom. The third kappa shape index (κ3) is 4.24. The highest BCUT2D eigenvalue weighted by atomic mass is 32.2. The molecule has 0 aliphatic heterocycles. The number of carbonyl (C=O) groups is 2. The van der Waals surface area contributed by atoms with E-state index in [1.165, 1.54) is 37.0 Å². The second-order valence-corrected chi connectivity index (χ2v) is 8.09. The molecule has 0 saturated heterocycles.